The van der Waals surface area contributed by atoms with E-state index in [0.29, 0.717) is 12.2 Å². The summed E-state index contributed by atoms with van der Waals surface area (Å²) in [7, 11) is 0. The molecule has 3 nitrogen and oxygen atoms in total. The summed E-state index contributed by atoms with van der Waals surface area (Å²) in [5.41, 5.74) is 1.58. The Bertz CT molecular complexity index is 404. The van der Waals surface area contributed by atoms with E-state index in [-0.39, 0.29) is 11.7 Å². The Balaban J connectivity index is 2.86. The largest absolute Gasteiger partial charge is 0.508 e. The first kappa shape index (κ1) is 14.3. The highest BCUT2D eigenvalue weighted by Crippen LogP contribution is 2.17. The van der Waals surface area contributed by atoms with Crippen molar-refractivity contribution in [3.05, 3.63) is 35.4 Å². The third-order valence-corrected chi connectivity index (χ3v) is 2.57. The molecule has 98 valence electrons. The molecule has 0 aliphatic rings. The lowest BCUT2D eigenvalue weighted by molar-refractivity contribution is -0.138. The van der Waals surface area contributed by atoms with Crippen LogP contribution in [-0.4, -0.2) is 17.7 Å². The summed E-state index contributed by atoms with van der Waals surface area (Å²) < 4.78 is 5.04. The van der Waals surface area contributed by atoms with Crippen LogP contribution in [0.5, 0.6) is 5.75 Å². The fraction of sp³-hybridized carbons (Fsp3) is 0.400. The number of benzene rings is 1. The van der Waals surface area contributed by atoms with Crippen LogP contribution in [0.2, 0.25) is 0 Å². The van der Waals surface area contributed by atoms with E-state index >= 15 is 0 Å². The highest BCUT2D eigenvalue weighted by molar-refractivity contribution is 5.93. The van der Waals surface area contributed by atoms with Crippen LogP contribution >= 0.6 is 0 Å². The molecular weight excluding hydrogens is 228 g/mol. The summed E-state index contributed by atoms with van der Waals surface area (Å²) in [6, 6.07) is 6.77. The van der Waals surface area contributed by atoms with Crippen molar-refractivity contribution in [2.45, 2.75) is 33.1 Å². The van der Waals surface area contributed by atoms with E-state index < -0.39 is 0 Å². The first-order chi connectivity index (χ1) is 8.67. The van der Waals surface area contributed by atoms with Crippen molar-refractivity contribution in [1.82, 2.24) is 0 Å². The van der Waals surface area contributed by atoms with Crippen LogP contribution < -0.4 is 0 Å². The molecule has 0 saturated heterocycles. The zero-order valence-electron chi connectivity index (χ0n) is 11.0. The maximum atomic E-state index is 11.8. The van der Waals surface area contributed by atoms with Gasteiger partial charge in [0.05, 0.1) is 6.61 Å². The third kappa shape index (κ3) is 4.62. The molecule has 0 atom stereocenters. The molecule has 3 heteroatoms. The second-order valence-corrected chi connectivity index (χ2v) is 4.09. The average molecular weight is 248 g/mol. The number of phenols is 1. The second kappa shape index (κ2) is 7.54. The topological polar surface area (TPSA) is 46.5 Å². The van der Waals surface area contributed by atoms with Crippen molar-refractivity contribution in [2.24, 2.45) is 0 Å². The molecule has 1 aromatic rings. The smallest absolute Gasteiger partial charge is 0.334 e. The Kier molecular flexibility index (Phi) is 5.98. The normalized spacial score (nSPS) is 11.3. The maximum absolute atomic E-state index is 11.8. The molecule has 0 heterocycles. The Morgan fingerprint density at radius 2 is 1.94 bits per heavy atom. The molecule has 18 heavy (non-hydrogen) atoms. The number of carbonyl (C=O) groups excluding carboxylic acids is 1. The molecule has 0 radical (unpaired) electrons. The number of hydrogen-bond acceptors (Lipinski definition) is 3. The minimum Gasteiger partial charge on any atom is -0.508 e. The van der Waals surface area contributed by atoms with Gasteiger partial charge in [-0.3, -0.25) is 0 Å². The fourth-order valence-corrected chi connectivity index (χ4v) is 1.60. The van der Waals surface area contributed by atoms with E-state index in [9.17, 15) is 9.90 Å². The lowest BCUT2D eigenvalue weighted by Gasteiger charge is -2.06. The van der Waals surface area contributed by atoms with Gasteiger partial charge in [0, 0.05) is 5.57 Å². The van der Waals surface area contributed by atoms with Gasteiger partial charge in [0.25, 0.3) is 0 Å². The number of carbonyl (C=O) groups is 1. The Hall–Kier alpha value is -1.77. The second-order valence-electron chi connectivity index (χ2n) is 4.09. The fourth-order valence-electron chi connectivity index (χ4n) is 1.60. The van der Waals surface area contributed by atoms with Gasteiger partial charge in [-0.25, -0.2) is 4.79 Å². The van der Waals surface area contributed by atoms with Gasteiger partial charge in [-0.05, 0) is 43.5 Å². The van der Waals surface area contributed by atoms with Gasteiger partial charge in [-0.1, -0.05) is 25.5 Å². The van der Waals surface area contributed by atoms with Crippen LogP contribution in [0, 0.1) is 0 Å². The van der Waals surface area contributed by atoms with Crippen LogP contribution in [0.25, 0.3) is 6.08 Å². The van der Waals surface area contributed by atoms with Crippen LogP contribution in [0.3, 0.4) is 0 Å². The van der Waals surface area contributed by atoms with Crippen molar-refractivity contribution >= 4 is 12.0 Å². The highest BCUT2D eigenvalue weighted by Gasteiger charge is 2.09. The number of unbranched alkanes of at least 4 members (excludes halogenated alkanes) is 1. The van der Waals surface area contributed by atoms with Crippen LogP contribution in [0.15, 0.2) is 29.8 Å². The molecule has 0 spiro atoms. The summed E-state index contributed by atoms with van der Waals surface area (Å²) in [6.45, 7) is 4.27. The molecular formula is C15H20O3. The van der Waals surface area contributed by atoms with Gasteiger partial charge in [-0.2, -0.15) is 0 Å². The average Bonchev–Trinajstić information content (AvgIpc) is 2.37. The van der Waals surface area contributed by atoms with E-state index in [0.717, 1.165) is 24.8 Å². The molecule has 0 aliphatic carbocycles. The molecule has 0 saturated carbocycles. The van der Waals surface area contributed by atoms with E-state index in [1.165, 1.54) is 0 Å². The van der Waals surface area contributed by atoms with Crippen LogP contribution in [-0.2, 0) is 9.53 Å². The molecule has 0 aliphatic heterocycles. The van der Waals surface area contributed by atoms with E-state index in [1.807, 2.05) is 6.08 Å². The van der Waals surface area contributed by atoms with E-state index in [4.69, 9.17) is 4.74 Å². The number of ether oxygens (including phenoxy) is 1. The van der Waals surface area contributed by atoms with E-state index in [2.05, 4.69) is 6.92 Å². The molecule has 1 N–H and O–H groups in total. The molecule has 1 rings (SSSR count). The molecule has 1 aromatic carbocycles. The first-order valence-corrected chi connectivity index (χ1v) is 6.34. The summed E-state index contributed by atoms with van der Waals surface area (Å²) in [5, 5.41) is 9.21. The summed E-state index contributed by atoms with van der Waals surface area (Å²) in [5.74, 6) is -0.0302. The van der Waals surface area contributed by atoms with E-state index in [1.54, 1.807) is 31.2 Å². The van der Waals surface area contributed by atoms with Gasteiger partial charge in [0.2, 0.25) is 0 Å². The van der Waals surface area contributed by atoms with Gasteiger partial charge in [0.15, 0.2) is 0 Å². The van der Waals surface area contributed by atoms with Crippen LogP contribution in [0.1, 0.15) is 38.7 Å². The van der Waals surface area contributed by atoms with Gasteiger partial charge in [-0.15, -0.1) is 0 Å². The zero-order valence-corrected chi connectivity index (χ0v) is 11.0. The monoisotopic (exact) mass is 248 g/mol. The predicted molar refractivity (Wildman–Crippen MR) is 72.2 cm³/mol. The minimum absolute atomic E-state index is 0.221. The van der Waals surface area contributed by atoms with Gasteiger partial charge in [0.1, 0.15) is 5.75 Å². The lowest BCUT2D eigenvalue weighted by atomic mass is 10.1. The summed E-state index contributed by atoms with van der Waals surface area (Å²) in [6.07, 6.45) is 4.54. The molecule has 0 fully saturated rings. The van der Waals surface area contributed by atoms with Crippen molar-refractivity contribution < 1.29 is 14.6 Å². The highest BCUT2D eigenvalue weighted by atomic mass is 16.5. The summed E-state index contributed by atoms with van der Waals surface area (Å²) in [4.78, 5) is 11.8. The Morgan fingerprint density at radius 1 is 1.28 bits per heavy atom. The summed E-state index contributed by atoms with van der Waals surface area (Å²) >= 11 is 0. The molecule has 0 bridgehead atoms. The number of aromatic hydroxyl groups is 1. The number of phenolic OH excluding ortho intramolecular Hbond substituents is 1. The van der Waals surface area contributed by atoms with Crippen molar-refractivity contribution in [2.75, 3.05) is 6.61 Å². The third-order valence-electron chi connectivity index (χ3n) is 2.57. The number of hydrogen-bond donors (Lipinski definition) is 1. The van der Waals surface area contributed by atoms with Gasteiger partial charge >= 0.3 is 5.97 Å². The molecule has 0 aromatic heterocycles. The van der Waals surface area contributed by atoms with Crippen molar-refractivity contribution in [1.29, 1.82) is 0 Å². The van der Waals surface area contributed by atoms with Crippen LogP contribution in [0.4, 0.5) is 0 Å². The maximum Gasteiger partial charge on any atom is 0.334 e. The van der Waals surface area contributed by atoms with Crippen molar-refractivity contribution in [3.63, 3.8) is 0 Å². The standard InChI is InChI=1S/C15H20O3/c1-3-5-6-13(15(17)18-4-2)11-12-7-9-14(16)10-8-12/h7-11,16H,3-6H2,1-2H3. The first-order valence-electron chi connectivity index (χ1n) is 6.34. The quantitative estimate of drug-likeness (QED) is 0.618. The zero-order chi connectivity index (χ0) is 13.4. The lowest BCUT2D eigenvalue weighted by Crippen LogP contribution is -2.07. The molecule has 0 unspecified atom stereocenters. The predicted octanol–water partition coefficient (Wildman–Crippen LogP) is 3.53. The minimum atomic E-state index is -0.251. The van der Waals surface area contributed by atoms with Crippen molar-refractivity contribution in [3.8, 4) is 5.75 Å². The SMILES string of the molecule is CCCCC(=Cc1ccc(O)cc1)C(=O)OCC. The number of rotatable bonds is 6. The number of esters is 1. The molecule has 0 amide bonds. The Labute approximate surface area is 108 Å². The van der Waals surface area contributed by atoms with Gasteiger partial charge < -0.3 is 9.84 Å². The Morgan fingerprint density at radius 3 is 2.50 bits per heavy atom.